The highest BCUT2D eigenvalue weighted by Crippen LogP contribution is 2.70. The lowest BCUT2D eigenvalue weighted by atomic mass is 9.88. The second-order valence-electron chi connectivity index (χ2n) is 8.32. The summed E-state index contributed by atoms with van der Waals surface area (Å²) in [6.45, 7) is 18.8. The summed E-state index contributed by atoms with van der Waals surface area (Å²) in [6.07, 6.45) is 5.04. The topological polar surface area (TPSA) is 44.8 Å². The Morgan fingerprint density at radius 1 is 1.36 bits per heavy atom. The van der Waals surface area contributed by atoms with Gasteiger partial charge in [-0.3, -0.25) is 0 Å². The van der Waals surface area contributed by atoms with Crippen molar-refractivity contribution in [3.05, 3.63) is 41.0 Å². The molecule has 1 aliphatic rings. The molecule has 3 atom stereocenters. The summed E-state index contributed by atoms with van der Waals surface area (Å²) in [5.41, 5.74) is 5.25. The van der Waals surface area contributed by atoms with Crippen molar-refractivity contribution in [2.75, 3.05) is 14.2 Å². The van der Waals surface area contributed by atoms with E-state index in [9.17, 15) is 5.11 Å². The van der Waals surface area contributed by atoms with Crippen molar-refractivity contribution >= 4 is 18.6 Å². The van der Waals surface area contributed by atoms with Crippen molar-refractivity contribution in [2.45, 2.75) is 71.6 Å². The zero-order valence-corrected chi connectivity index (χ0v) is 18.7. The Morgan fingerprint density at radius 2 is 2.00 bits per heavy atom. The van der Waals surface area contributed by atoms with Gasteiger partial charge < -0.3 is 9.84 Å². The molecule has 1 fully saturated rings. The maximum absolute atomic E-state index is 11.3. The van der Waals surface area contributed by atoms with Gasteiger partial charge in [-0.05, 0) is 68.7 Å². The van der Waals surface area contributed by atoms with Crippen LogP contribution in [0.4, 0.5) is 0 Å². The van der Waals surface area contributed by atoms with Crippen LogP contribution in [0.3, 0.4) is 0 Å². The van der Waals surface area contributed by atoms with E-state index >= 15 is 0 Å². The van der Waals surface area contributed by atoms with Crippen LogP contribution < -0.4 is 0 Å². The number of benzene rings is 1. The molecule has 3 unspecified atom stereocenters. The molecule has 1 aromatic rings. The first-order chi connectivity index (χ1) is 13.1. The van der Waals surface area contributed by atoms with Crippen LogP contribution in [0.5, 0.6) is 0 Å². The Bertz CT molecular complexity index is 813. The van der Waals surface area contributed by atoms with Gasteiger partial charge >= 0.3 is 0 Å². The number of hydrogen-bond donors (Lipinski definition) is 1. The highest BCUT2D eigenvalue weighted by atomic mass is 16.6. The van der Waals surface area contributed by atoms with E-state index in [1.165, 1.54) is 22.3 Å². The Hall–Kier alpha value is -1.78. The molecule has 1 N–H and O–H groups in total. The Morgan fingerprint density at radius 3 is 2.46 bits per heavy atom. The number of allylic oxidation sites excluding steroid dienone is 1. The third kappa shape index (κ3) is 2.98. The van der Waals surface area contributed by atoms with E-state index in [0.29, 0.717) is 0 Å². The van der Waals surface area contributed by atoms with Crippen LogP contribution in [-0.4, -0.2) is 48.2 Å². The first kappa shape index (κ1) is 22.5. The summed E-state index contributed by atoms with van der Waals surface area (Å²) in [5, 5.41) is 11.3. The lowest BCUT2D eigenvalue weighted by Gasteiger charge is -2.18. The summed E-state index contributed by atoms with van der Waals surface area (Å²) in [4.78, 5) is 4.10. The van der Waals surface area contributed by atoms with Gasteiger partial charge in [0.05, 0.1) is 12.1 Å². The molecule has 0 amide bonds. The molecule has 28 heavy (non-hydrogen) atoms. The van der Waals surface area contributed by atoms with E-state index in [-0.39, 0.29) is 0 Å². The fraction of sp³-hybridized carbons (Fsp3) is 0.583. The summed E-state index contributed by atoms with van der Waals surface area (Å²) in [6, 6.07) is 4.54. The van der Waals surface area contributed by atoms with Crippen molar-refractivity contribution in [1.82, 2.24) is 0 Å². The van der Waals surface area contributed by atoms with Crippen LogP contribution in [0.15, 0.2) is 23.7 Å². The zero-order valence-electron chi connectivity index (χ0n) is 18.7. The lowest BCUT2D eigenvalue weighted by Crippen LogP contribution is -2.37. The van der Waals surface area contributed by atoms with E-state index in [2.05, 4.69) is 65.0 Å². The van der Waals surface area contributed by atoms with Gasteiger partial charge in [-0.15, -0.1) is 0 Å². The Labute approximate surface area is 170 Å². The van der Waals surface area contributed by atoms with E-state index in [4.69, 9.17) is 4.74 Å². The quantitative estimate of drug-likeness (QED) is 0.296. The summed E-state index contributed by atoms with van der Waals surface area (Å²) < 4.78 is 7.43. The molecule has 0 aromatic heterocycles. The Kier molecular flexibility index (Phi) is 6.37. The highest BCUT2D eigenvalue weighted by molar-refractivity contribution is 5.68. The number of aryl methyl sites for hydroxylation is 3. The number of ether oxygens (including phenoxy) is 1. The molecule has 1 aromatic carbocycles. The molecular formula is C24H37N2O2+. The van der Waals surface area contributed by atoms with Crippen LogP contribution in [-0.2, 0) is 17.6 Å². The highest BCUT2D eigenvalue weighted by Gasteiger charge is 2.89. The minimum atomic E-state index is -1.25. The third-order valence-electron chi connectivity index (χ3n) is 6.91. The summed E-state index contributed by atoms with van der Waals surface area (Å²) >= 11 is 0. The van der Waals surface area contributed by atoms with E-state index in [1.54, 1.807) is 25.1 Å². The number of aliphatic hydroxyl groups is 1. The molecule has 4 nitrogen and oxygen atoms in total. The average Bonchev–Trinajstić information content (AvgIpc) is 3.10. The summed E-state index contributed by atoms with van der Waals surface area (Å²) in [5.74, 6) is -1.25. The van der Waals surface area contributed by atoms with Crippen molar-refractivity contribution < 1.29 is 14.4 Å². The SMILES string of the molecule is C=C(C)c1c(C)cc(CCC2(C)C(O)(OC)C2(CC)[N+](=C)/C=N\C)cc1CC. The van der Waals surface area contributed by atoms with Crippen molar-refractivity contribution in [3.8, 4) is 0 Å². The average molecular weight is 386 g/mol. The number of aliphatic imine (C=N–C) groups is 1. The number of nitrogens with zero attached hydrogens (tertiary/aromatic N) is 2. The molecule has 0 radical (unpaired) electrons. The van der Waals surface area contributed by atoms with E-state index in [0.717, 1.165) is 31.3 Å². The predicted octanol–water partition coefficient (Wildman–Crippen LogP) is 4.40. The minimum absolute atomic E-state index is 0.445. The van der Waals surface area contributed by atoms with Gasteiger partial charge in [-0.2, -0.15) is 0 Å². The zero-order chi connectivity index (χ0) is 21.3. The van der Waals surface area contributed by atoms with Crippen LogP contribution in [0, 0.1) is 12.3 Å². The number of methoxy groups -OCH3 is 1. The first-order valence-corrected chi connectivity index (χ1v) is 10.2. The molecule has 0 saturated heterocycles. The van der Waals surface area contributed by atoms with Crippen LogP contribution in [0.2, 0.25) is 0 Å². The second-order valence-corrected chi connectivity index (χ2v) is 8.32. The molecule has 1 aliphatic carbocycles. The molecule has 0 spiro atoms. The van der Waals surface area contributed by atoms with Crippen LogP contribution >= 0.6 is 0 Å². The second kappa shape index (κ2) is 7.92. The third-order valence-corrected chi connectivity index (χ3v) is 6.91. The molecule has 154 valence electrons. The van der Waals surface area contributed by atoms with Crippen molar-refractivity contribution in [3.63, 3.8) is 0 Å². The molecular weight excluding hydrogens is 348 g/mol. The summed E-state index contributed by atoms with van der Waals surface area (Å²) in [7, 11) is 3.29. The maximum Gasteiger partial charge on any atom is 0.279 e. The Balaban J connectivity index is 2.36. The van der Waals surface area contributed by atoms with Crippen molar-refractivity contribution in [1.29, 1.82) is 0 Å². The van der Waals surface area contributed by atoms with E-state index < -0.39 is 16.7 Å². The normalized spacial score (nSPS) is 29.3. The van der Waals surface area contributed by atoms with Gasteiger partial charge in [0.15, 0.2) is 5.54 Å². The van der Waals surface area contributed by atoms with Crippen LogP contribution in [0.1, 0.15) is 62.8 Å². The van der Waals surface area contributed by atoms with Gasteiger partial charge in [-0.25, -0.2) is 4.58 Å². The standard InChI is InChI=1S/C24H37N2O2/c1-10-20-15-19(14-18(5)21(20)17(3)4)12-13-22(6)23(11-2,24(22,27)28-9)26(8)16-25-7/h14-16,27H,3,8,10-13H2,1-2,4-7,9H3/q+1/b25-16-. The molecule has 1 saturated carbocycles. The minimum Gasteiger partial charge on any atom is -0.361 e. The predicted molar refractivity (Wildman–Crippen MR) is 118 cm³/mol. The number of hydrogen-bond acceptors (Lipinski definition) is 3. The fourth-order valence-corrected chi connectivity index (χ4v) is 5.51. The van der Waals surface area contributed by atoms with Gasteiger partial charge in [0.2, 0.25) is 5.79 Å². The monoisotopic (exact) mass is 385 g/mol. The smallest absolute Gasteiger partial charge is 0.279 e. The van der Waals surface area contributed by atoms with Gasteiger partial charge in [0.25, 0.3) is 6.34 Å². The molecule has 0 bridgehead atoms. The van der Waals surface area contributed by atoms with Gasteiger partial charge in [0.1, 0.15) is 7.05 Å². The molecule has 0 heterocycles. The molecule has 4 heteroatoms. The van der Waals surface area contributed by atoms with Gasteiger partial charge in [-0.1, -0.05) is 43.1 Å². The lowest BCUT2D eigenvalue weighted by molar-refractivity contribution is -0.486. The fourth-order valence-electron chi connectivity index (χ4n) is 5.51. The number of rotatable bonds is 9. The van der Waals surface area contributed by atoms with E-state index in [1.807, 2.05) is 0 Å². The van der Waals surface area contributed by atoms with Crippen LogP contribution in [0.25, 0.3) is 5.57 Å². The van der Waals surface area contributed by atoms with Crippen molar-refractivity contribution in [2.24, 2.45) is 10.4 Å². The first-order valence-electron chi connectivity index (χ1n) is 10.2. The molecule has 2 rings (SSSR count). The molecule has 0 aliphatic heterocycles. The van der Waals surface area contributed by atoms with Gasteiger partial charge in [0, 0.05) is 7.11 Å². The largest absolute Gasteiger partial charge is 0.361 e. The maximum atomic E-state index is 11.3.